The summed E-state index contributed by atoms with van der Waals surface area (Å²) in [7, 11) is 3.39. The Bertz CT molecular complexity index is 1240. The number of benzene rings is 2. The molecule has 174 valence electrons. The molecule has 4 nitrogen and oxygen atoms in total. The largest absolute Gasteiger partial charge is 0.493 e. The highest BCUT2D eigenvalue weighted by Crippen LogP contribution is 2.40. The molecular weight excluding hydrogens is 455 g/mol. The van der Waals surface area contributed by atoms with Gasteiger partial charge in [-0.25, -0.2) is 0 Å². The predicted molar refractivity (Wildman–Crippen MR) is 140 cm³/mol. The molecule has 5 rings (SSSR count). The molecule has 0 atom stereocenters. The van der Waals surface area contributed by atoms with E-state index in [2.05, 4.69) is 41.5 Å². The van der Waals surface area contributed by atoms with Gasteiger partial charge in [-0.1, -0.05) is 37.5 Å². The van der Waals surface area contributed by atoms with Crippen LogP contribution in [0.4, 0.5) is 0 Å². The number of nitrogens with zero attached hydrogens (tertiary/aromatic N) is 2. The molecule has 2 aromatic heterocycles. The molecule has 6 heteroatoms. The van der Waals surface area contributed by atoms with E-state index < -0.39 is 0 Å². The Morgan fingerprint density at radius 3 is 2.24 bits per heavy atom. The minimum atomic E-state index is 0. The van der Waals surface area contributed by atoms with Crippen LogP contribution in [0.3, 0.4) is 0 Å². The number of para-hydroxylation sites is 1. The second-order valence-corrected chi connectivity index (χ2v) is 8.47. The molecule has 1 saturated carbocycles. The number of rotatable bonds is 5. The Balaban J connectivity index is 0.00000153. The number of pyridine rings is 2. The molecule has 0 aliphatic heterocycles. The van der Waals surface area contributed by atoms with Crippen LogP contribution in [0, 0.1) is 0 Å². The molecule has 0 amide bonds. The van der Waals surface area contributed by atoms with Gasteiger partial charge in [-0.05, 0) is 53.6 Å². The Hall–Kier alpha value is -2.56. The standard InChI is InChI=1S/C27H28N2O2.2ClH/c1-30-25-14-22-21(13-18-12-20-10-6-7-11-24(20)28-16-18)17-29-27(19-8-4-3-5-9-19)23(22)15-26(25)31-2;;/h6-7,10-12,14-17,19H,3-5,8-9,13H2,1-2H3;2*1H. The van der Waals surface area contributed by atoms with Crippen LogP contribution in [0.15, 0.2) is 54.9 Å². The Kier molecular flexibility index (Phi) is 8.39. The fraction of sp³-hybridized carbons (Fsp3) is 0.333. The Morgan fingerprint density at radius 1 is 0.818 bits per heavy atom. The van der Waals surface area contributed by atoms with E-state index in [-0.39, 0.29) is 24.8 Å². The van der Waals surface area contributed by atoms with Crippen LogP contribution >= 0.6 is 24.8 Å². The number of hydrogen-bond acceptors (Lipinski definition) is 4. The molecule has 2 heterocycles. The van der Waals surface area contributed by atoms with Gasteiger partial charge in [0.05, 0.1) is 25.4 Å². The van der Waals surface area contributed by atoms with Crippen molar-refractivity contribution in [3.63, 3.8) is 0 Å². The third kappa shape index (κ3) is 5.02. The van der Waals surface area contributed by atoms with Crippen LogP contribution in [-0.2, 0) is 6.42 Å². The average molecular weight is 485 g/mol. The number of ether oxygens (including phenoxy) is 2. The normalized spacial score (nSPS) is 13.9. The van der Waals surface area contributed by atoms with Crippen molar-refractivity contribution >= 4 is 46.5 Å². The lowest BCUT2D eigenvalue weighted by Gasteiger charge is -2.23. The quantitative estimate of drug-likeness (QED) is 0.298. The van der Waals surface area contributed by atoms with Gasteiger partial charge >= 0.3 is 0 Å². The molecule has 1 aliphatic rings. The van der Waals surface area contributed by atoms with Gasteiger partial charge in [0.2, 0.25) is 0 Å². The first-order chi connectivity index (χ1) is 15.3. The minimum Gasteiger partial charge on any atom is -0.493 e. The van der Waals surface area contributed by atoms with Gasteiger partial charge in [0, 0.05) is 35.5 Å². The molecule has 4 aromatic rings. The van der Waals surface area contributed by atoms with E-state index in [0.29, 0.717) is 5.92 Å². The highest BCUT2D eigenvalue weighted by atomic mass is 35.5. The second-order valence-electron chi connectivity index (χ2n) is 8.47. The first-order valence-electron chi connectivity index (χ1n) is 11.1. The SMILES string of the molecule is COc1cc2c(Cc3cnc4ccccc4c3)cnc(C3CCCCC3)c2cc1OC.Cl.Cl. The molecule has 1 aliphatic carbocycles. The predicted octanol–water partition coefficient (Wildman–Crippen LogP) is 7.28. The molecule has 0 radical (unpaired) electrons. The fourth-order valence-corrected chi connectivity index (χ4v) is 4.92. The van der Waals surface area contributed by atoms with Crippen molar-refractivity contribution in [2.45, 2.75) is 44.4 Å². The Labute approximate surface area is 207 Å². The van der Waals surface area contributed by atoms with E-state index in [4.69, 9.17) is 14.5 Å². The summed E-state index contributed by atoms with van der Waals surface area (Å²) >= 11 is 0. The maximum atomic E-state index is 5.63. The van der Waals surface area contributed by atoms with Gasteiger partial charge in [0.1, 0.15) is 0 Å². The Morgan fingerprint density at radius 2 is 1.52 bits per heavy atom. The molecule has 2 aromatic carbocycles. The molecule has 0 unspecified atom stereocenters. The van der Waals surface area contributed by atoms with Crippen molar-refractivity contribution in [2.75, 3.05) is 14.2 Å². The zero-order valence-electron chi connectivity index (χ0n) is 19.0. The van der Waals surface area contributed by atoms with E-state index in [0.717, 1.165) is 28.8 Å². The summed E-state index contributed by atoms with van der Waals surface area (Å²) < 4.78 is 11.3. The molecule has 0 saturated heterocycles. The smallest absolute Gasteiger partial charge is 0.161 e. The lowest BCUT2D eigenvalue weighted by molar-refractivity contribution is 0.355. The number of aromatic nitrogens is 2. The number of fused-ring (bicyclic) bond motifs is 2. The van der Waals surface area contributed by atoms with Gasteiger partial charge in [0.15, 0.2) is 11.5 Å². The van der Waals surface area contributed by atoms with Gasteiger partial charge < -0.3 is 9.47 Å². The van der Waals surface area contributed by atoms with Gasteiger partial charge in [-0.15, -0.1) is 24.8 Å². The molecule has 33 heavy (non-hydrogen) atoms. The third-order valence-corrected chi connectivity index (χ3v) is 6.54. The van der Waals surface area contributed by atoms with Crippen LogP contribution < -0.4 is 9.47 Å². The number of halogens is 2. The van der Waals surface area contributed by atoms with Crippen LogP contribution in [-0.4, -0.2) is 24.2 Å². The van der Waals surface area contributed by atoms with E-state index in [1.165, 1.54) is 59.7 Å². The zero-order chi connectivity index (χ0) is 21.2. The summed E-state index contributed by atoms with van der Waals surface area (Å²) in [5, 5.41) is 3.55. The monoisotopic (exact) mass is 484 g/mol. The van der Waals surface area contributed by atoms with Crippen molar-refractivity contribution in [1.82, 2.24) is 9.97 Å². The molecule has 0 N–H and O–H groups in total. The van der Waals surface area contributed by atoms with Crippen LogP contribution in [0.5, 0.6) is 11.5 Å². The van der Waals surface area contributed by atoms with Crippen molar-refractivity contribution in [3.05, 3.63) is 71.7 Å². The summed E-state index contributed by atoms with van der Waals surface area (Å²) in [4.78, 5) is 9.65. The van der Waals surface area contributed by atoms with Gasteiger partial charge in [-0.2, -0.15) is 0 Å². The van der Waals surface area contributed by atoms with Crippen molar-refractivity contribution in [2.24, 2.45) is 0 Å². The van der Waals surface area contributed by atoms with Gasteiger partial charge in [0.25, 0.3) is 0 Å². The maximum Gasteiger partial charge on any atom is 0.161 e. The van der Waals surface area contributed by atoms with E-state index in [1.54, 1.807) is 14.2 Å². The molecule has 0 spiro atoms. The van der Waals surface area contributed by atoms with Crippen LogP contribution in [0.2, 0.25) is 0 Å². The summed E-state index contributed by atoms with van der Waals surface area (Å²) in [6.07, 6.45) is 11.1. The maximum absolute atomic E-state index is 5.63. The van der Waals surface area contributed by atoms with Crippen molar-refractivity contribution in [3.8, 4) is 11.5 Å². The fourth-order valence-electron chi connectivity index (χ4n) is 4.92. The highest BCUT2D eigenvalue weighted by molar-refractivity contribution is 5.91. The van der Waals surface area contributed by atoms with E-state index in [9.17, 15) is 0 Å². The molecule has 0 bridgehead atoms. The average Bonchev–Trinajstić information content (AvgIpc) is 2.83. The zero-order valence-corrected chi connectivity index (χ0v) is 20.7. The number of methoxy groups -OCH3 is 2. The second kappa shape index (κ2) is 11.0. The minimum absolute atomic E-state index is 0. The first-order valence-corrected chi connectivity index (χ1v) is 11.1. The van der Waals surface area contributed by atoms with Crippen LogP contribution in [0.1, 0.15) is 54.8 Å². The summed E-state index contributed by atoms with van der Waals surface area (Å²) in [5.74, 6) is 2.04. The lowest BCUT2D eigenvalue weighted by Crippen LogP contribution is -2.08. The van der Waals surface area contributed by atoms with Crippen molar-refractivity contribution in [1.29, 1.82) is 0 Å². The summed E-state index contributed by atoms with van der Waals surface area (Å²) in [6, 6.07) is 14.7. The first kappa shape index (κ1) is 25.1. The van der Waals surface area contributed by atoms with Crippen molar-refractivity contribution < 1.29 is 9.47 Å². The third-order valence-electron chi connectivity index (χ3n) is 6.54. The van der Waals surface area contributed by atoms with Gasteiger partial charge in [-0.3, -0.25) is 9.97 Å². The van der Waals surface area contributed by atoms with E-state index in [1.807, 2.05) is 18.3 Å². The molecule has 1 fully saturated rings. The van der Waals surface area contributed by atoms with Crippen LogP contribution in [0.25, 0.3) is 21.7 Å². The topological polar surface area (TPSA) is 44.2 Å². The summed E-state index contributed by atoms with van der Waals surface area (Å²) in [6.45, 7) is 0. The lowest BCUT2D eigenvalue weighted by atomic mass is 9.84. The molecular formula is C27H30Cl2N2O2. The van der Waals surface area contributed by atoms with E-state index >= 15 is 0 Å². The number of hydrogen-bond donors (Lipinski definition) is 0. The highest BCUT2D eigenvalue weighted by Gasteiger charge is 2.22. The summed E-state index contributed by atoms with van der Waals surface area (Å²) in [5.41, 5.74) is 4.60.